The molecule has 17 heavy (non-hydrogen) atoms. The van der Waals surface area contributed by atoms with Crippen molar-refractivity contribution in [3.05, 3.63) is 0 Å². The van der Waals surface area contributed by atoms with Crippen LogP contribution in [0.4, 0.5) is 0 Å². The highest BCUT2D eigenvalue weighted by Gasteiger charge is 2.36. The molecule has 1 unspecified atom stereocenters. The van der Waals surface area contributed by atoms with E-state index in [9.17, 15) is 4.79 Å². The molecule has 0 bridgehead atoms. The average Bonchev–Trinajstić information content (AvgIpc) is 2.29. The molecule has 0 aromatic carbocycles. The van der Waals surface area contributed by atoms with Crippen molar-refractivity contribution >= 4 is 29.4 Å². The van der Waals surface area contributed by atoms with Crippen LogP contribution >= 0.6 is 23.5 Å². The number of hydrogen-bond acceptors (Lipinski definition) is 4. The first-order valence-electron chi connectivity index (χ1n) is 6.37. The third-order valence-electron chi connectivity index (χ3n) is 3.74. The monoisotopic (exact) mass is 274 g/mol. The van der Waals surface area contributed by atoms with Crippen molar-refractivity contribution in [1.29, 1.82) is 0 Å². The average molecular weight is 274 g/mol. The normalized spacial score (nSPS) is 27.2. The van der Waals surface area contributed by atoms with Crippen molar-refractivity contribution in [3.8, 4) is 0 Å². The Morgan fingerprint density at radius 1 is 1.59 bits per heavy atom. The maximum absolute atomic E-state index is 11.8. The van der Waals surface area contributed by atoms with E-state index in [4.69, 9.17) is 0 Å². The van der Waals surface area contributed by atoms with Gasteiger partial charge in [-0.05, 0) is 19.1 Å². The lowest BCUT2D eigenvalue weighted by molar-refractivity contribution is -0.121. The van der Waals surface area contributed by atoms with E-state index in [0.717, 1.165) is 18.8 Å². The van der Waals surface area contributed by atoms with Gasteiger partial charge in [0.05, 0.1) is 0 Å². The van der Waals surface area contributed by atoms with Crippen LogP contribution in [0.2, 0.25) is 0 Å². The van der Waals surface area contributed by atoms with E-state index < -0.39 is 0 Å². The van der Waals surface area contributed by atoms with Gasteiger partial charge in [-0.2, -0.15) is 23.5 Å². The van der Waals surface area contributed by atoms with Crippen molar-refractivity contribution in [2.24, 2.45) is 0 Å². The van der Waals surface area contributed by atoms with E-state index in [-0.39, 0.29) is 5.91 Å². The van der Waals surface area contributed by atoms with Crippen LogP contribution in [-0.4, -0.2) is 47.5 Å². The fourth-order valence-corrected chi connectivity index (χ4v) is 4.19. The number of hydrogen-bond donors (Lipinski definition) is 2. The summed E-state index contributed by atoms with van der Waals surface area (Å²) in [5.41, 5.74) is 0. The predicted molar refractivity (Wildman–Crippen MR) is 76.8 cm³/mol. The van der Waals surface area contributed by atoms with Crippen LogP contribution in [0.25, 0.3) is 0 Å². The third-order valence-corrected chi connectivity index (χ3v) is 6.29. The summed E-state index contributed by atoms with van der Waals surface area (Å²) in [7, 11) is 0. The SMILES string of the molecule is CSC1(CNC(=O)CC2CSCCN2)CCC1. The van der Waals surface area contributed by atoms with Crippen molar-refractivity contribution in [3.63, 3.8) is 0 Å². The standard InChI is InChI=1S/C12H22N2OS2/c1-16-12(3-2-4-12)9-14-11(15)7-10-8-17-6-5-13-10/h10,13H,2-9H2,1H3,(H,14,15). The first-order chi connectivity index (χ1) is 8.24. The molecule has 1 heterocycles. The molecule has 2 N–H and O–H groups in total. The Morgan fingerprint density at radius 2 is 2.41 bits per heavy atom. The van der Waals surface area contributed by atoms with E-state index >= 15 is 0 Å². The minimum Gasteiger partial charge on any atom is -0.355 e. The summed E-state index contributed by atoms with van der Waals surface area (Å²) in [5.74, 6) is 2.46. The van der Waals surface area contributed by atoms with Crippen LogP contribution in [0.3, 0.4) is 0 Å². The van der Waals surface area contributed by atoms with Gasteiger partial charge in [-0.1, -0.05) is 6.42 Å². The van der Waals surface area contributed by atoms with Gasteiger partial charge in [-0.3, -0.25) is 4.79 Å². The molecule has 0 radical (unpaired) electrons. The van der Waals surface area contributed by atoms with Crippen LogP contribution < -0.4 is 10.6 Å². The molecular weight excluding hydrogens is 252 g/mol. The second-order valence-corrected chi connectivity index (χ2v) is 7.37. The van der Waals surface area contributed by atoms with Gasteiger partial charge in [-0.15, -0.1) is 0 Å². The highest BCUT2D eigenvalue weighted by Crippen LogP contribution is 2.42. The molecule has 1 aliphatic heterocycles. The molecule has 0 spiro atoms. The van der Waals surface area contributed by atoms with Gasteiger partial charge in [0.25, 0.3) is 0 Å². The lowest BCUT2D eigenvalue weighted by atomic mass is 9.84. The second-order valence-electron chi connectivity index (χ2n) is 4.95. The molecule has 1 aliphatic carbocycles. The van der Waals surface area contributed by atoms with Gasteiger partial charge in [0, 0.05) is 41.8 Å². The Kier molecular flexibility index (Phi) is 5.06. The number of rotatable bonds is 5. The lowest BCUT2D eigenvalue weighted by Crippen LogP contribution is -2.47. The van der Waals surface area contributed by atoms with Gasteiger partial charge in [-0.25, -0.2) is 0 Å². The molecule has 5 heteroatoms. The Hall–Kier alpha value is 0.130. The van der Waals surface area contributed by atoms with Crippen molar-refractivity contribution in [2.75, 3.05) is 30.9 Å². The molecule has 1 amide bonds. The Morgan fingerprint density at radius 3 is 2.94 bits per heavy atom. The van der Waals surface area contributed by atoms with Gasteiger partial charge in [0.15, 0.2) is 0 Å². The largest absolute Gasteiger partial charge is 0.355 e. The zero-order chi connectivity index (χ0) is 12.1. The Labute approximate surface area is 112 Å². The van der Waals surface area contributed by atoms with E-state index in [1.54, 1.807) is 0 Å². The summed E-state index contributed by atoms with van der Waals surface area (Å²) in [6, 6.07) is 0.375. The van der Waals surface area contributed by atoms with E-state index in [1.165, 1.54) is 25.0 Å². The number of carbonyl (C=O) groups is 1. The van der Waals surface area contributed by atoms with Gasteiger partial charge >= 0.3 is 0 Å². The summed E-state index contributed by atoms with van der Waals surface area (Å²) in [5, 5.41) is 6.52. The Bertz CT molecular complexity index is 258. The second kappa shape index (κ2) is 6.34. The van der Waals surface area contributed by atoms with Crippen LogP contribution in [0, 0.1) is 0 Å². The highest BCUT2D eigenvalue weighted by molar-refractivity contribution is 8.00. The van der Waals surface area contributed by atoms with Gasteiger partial charge < -0.3 is 10.6 Å². The fraction of sp³-hybridized carbons (Fsp3) is 0.917. The molecule has 1 saturated heterocycles. The minimum absolute atomic E-state index is 0.213. The highest BCUT2D eigenvalue weighted by atomic mass is 32.2. The summed E-state index contributed by atoms with van der Waals surface area (Å²) in [6.45, 7) is 1.89. The summed E-state index contributed by atoms with van der Waals surface area (Å²) >= 11 is 3.85. The molecule has 2 rings (SSSR count). The van der Waals surface area contributed by atoms with Crippen molar-refractivity contribution in [1.82, 2.24) is 10.6 Å². The smallest absolute Gasteiger partial charge is 0.221 e. The number of carbonyl (C=O) groups excluding carboxylic acids is 1. The first kappa shape index (κ1) is 13.6. The maximum atomic E-state index is 11.8. The molecule has 1 atom stereocenters. The topological polar surface area (TPSA) is 41.1 Å². The molecule has 2 aliphatic rings. The van der Waals surface area contributed by atoms with E-state index in [1.807, 2.05) is 23.5 Å². The van der Waals surface area contributed by atoms with Crippen LogP contribution in [0.15, 0.2) is 0 Å². The van der Waals surface area contributed by atoms with Crippen LogP contribution in [0.1, 0.15) is 25.7 Å². The quantitative estimate of drug-likeness (QED) is 0.797. The summed E-state index contributed by atoms with van der Waals surface area (Å²) in [6.07, 6.45) is 6.62. The molecule has 2 fully saturated rings. The number of nitrogens with one attached hydrogen (secondary N) is 2. The third kappa shape index (κ3) is 3.80. The Balaban J connectivity index is 1.66. The van der Waals surface area contributed by atoms with Crippen LogP contribution in [-0.2, 0) is 4.79 Å². The fourth-order valence-electron chi connectivity index (χ4n) is 2.33. The molecule has 1 saturated carbocycles. The maximum Gasteiger partial charge on any atom is 0.221 e. The van der Waals surface area contributed by atoms with E-state index in [2.05, 4.69) is 16.9 Å². The zero-order valence-corrected chi connectivity index (χ0v) is 12.1. The number of thioether (sulfide) groups is 2. The molecule has 98 valence electrons. The first-order valence-corrected chi connectivity index (χ1v) is 8.75. The van der Waals surface area contributed by atoms with Crippen LogP contribution in [0.5, 0.6) is 0 Å². The minimum atomic E-state index is 0.213. The summed E-state index contributed by atoms with van der Waals surface area (Å²) in [4.78, 5) is 11.8. The van der Waals surface area contributed by atoms with E-state index in [0.29, 0.717) is 17.2 Å². The van der Waals surface area contributed by atoms with Gasteiger partial charge in [0.1, 0.15) is 0 Å². The molecule has 3 nitrogen and oxygen atoms in total. The molecular formula is C12H22N2OS2. The zero-order valence-electron chi connectivity index (χ0n) is 10.5. The molecule has 0 aromatic rings. The number of amides is 1. The van der Waals surface area contributed by atoms with Crippen molar-refractivity contribution < 1.29 is 4.79 Å². The summed E-state index contributed by atoms with van der Waals surface area (Å²) < 4.78 is 0.352. The van der Waals surface area contributed by atoms with Gasteiger partial charge in [0.2, 0.25) is 5.91 Å². The van der Waals surface area contributed by atoms with Crippen molar-refractivity contribution in [2.45, 2.75) is 36.5 Å². The lowest BCUT2D eigenvalue weighted by Gasteiger charge is -2.40. The molecule has 0 aromatic heterocycles. The predicted octanol–water partition coefficient (Wildman–Crippen LogP) is 1.48.